The summed E-state index contributed by atoms with van der Waals surface area (Å²) in [6.45, 7) is 0. The van der Waals surface area contributed by atoms with Gasteiger partial charge >= 0.3 is 0 Å². The van der Waals surface area contributed by atoms with E-state index in [1.807, 2.05) is 12.1 Å². The van der Waals surface area contributed by atoms with E-state index in [1.165, 1.54) is 0 Å². The summed E-state index contributed by atoms with van der Waals surface area (Å²) in [5.74, 6) is -0.403. The van der Waals surface area contributed by atoms with Crippen LogP contribution in [0.5, 0.6) is 0 Å². The third-order valence-corrected chi connectivity index (χ3v) is 3.27. The fraction of sp³-hybridized carbons (Fsp3) is 0.300. The van der Waals surface area contributed by atoms with Gasteiger partial charge in [0, 0.05) is 10.5 Å². The van der Waals surface area contributed by atoms with Crippen molar-refractivity contribution in [3.8, 4) is 0 Å². The molecule has 0 saturated carbocycles. The molecule has 0 aromatic heterocycles. The molecule has 1 aliphatic rings. The number of primary amides is 1. The van der Waals surface area contributed by atoms with Crippen molar-refractivity contribution in [1.29, 1.82) is 0 Å². The van der Waals surface area contributed by atoms with E-state index in [0.29, 0.717) is 5.56 Å². The van der Waals surface area contributed by atoms with Crippen LogP contribution < -0.4 is 11.5 Å². The van der Waals surface area contributed by atoms with Crippen molar-refractivity contribution >= 4 is 21.8 Å². The minimum atomic E-state index is -0.403. The first-order valence-electron chi connectivity index (χ1n) is 4.47. The van der Waals surface area contributed by atoms with Crippen molar-refractivity contribution in [3.63, 3.8) is 0 Å². The molecule has 1 aliphatic carbocycles. The molecular weight excluding hydrogens is 244 g/mol. The predicted octanol–water partition coefficient (Wildman–Crippen LogP) is 1.49. The maximum absolute atomic E-state index is 11.1. The number of carbonyl (C=O) groups excluding carboxylic acids is 1. The van der Waals surface area contributed by atoms with Crippen molar-refractivity contribution in [2.24, 2.45) is 11.5 Å². The minimum Gasteiger partial charge on any atom is -0.366 e. The Kier molecular flexibility index (Phi) is 2.33. The smallest absolute Gasteiger partial charge is 0.249 e. The van der Waals surface area contributed by atoms with Crippen LogP contribution in [0.3, 0.4) is 0 Å². The number of carbonyl (C=O) groups is 1. The minimum absolute atomic E-state index is 0.100. The van der Waals surface area contributed by atoms with Crippen LogP contribution in [0, 0.1) is 0 Å². The number of hydrogen-bond acceptors (Lipinski definition) is 2. The van der Waals surface area contributed by atoms with Gasteiger partial charge in [-0.25, -0.2) is 0 Å². The van der Waals surface area contributed by atoms with Crippen LogP contribution in [0.15, 0.2) is 16.6 Å². The largest absolute Gasteiger partial charge is 0.366 e. The lowest BCUT2D eigenvalue weighted by molar-refractivity contribution is 0.0999. The second-order valence-electron chi connectivity index (χ2n) is 3.54. The Morgan fingerprint density at radius 3 is 2.86 bits per heavy atom. The number of amides is 1. The molecule has 0 fully saturated rings. The third kappa shape index (κ3) is 1.44. The summed E-state index contributed by atoms with van der Waals surface area (Å²) in [7, 11) is 0. The quantitative estimate of drug-likeness (QED) is 0.798. The zero-order valence-corrected chi connectivity index (χ0v) is 9.17. The molecule has 74 valence electrons. The molecule has 1 atom stereocenters. The molecule has 0 spiro atoms. The molecule has 0 unspecified atom stereocenters. The molecule has 1 amide bonds. The number of nitrogens with two attached hydrogens (primary N) is 2. The molecule has 0 bridgehead atoms. The van der Waals surface area contributed by atoms with Gasteiger partial charge in [-0.1, -0.05) is 0 Å². The van der Waals surface area contributed by atoms with Gasteiger partial charge in [0.2, 0.25) is 5.91 Å². The molecular formula is C10H11BrN2O. The average Bonchev–Trinajstić information content (AvgIpc) is 2.46. The average molecular weight is 255 g/mol. The number of hydrogen-bond donors (Lipinski definition) is 2. The summed E-state index contributed by atoms with van der Waals surface area (Å²) in [5.41, 5.74) is 14.0. The molecule has 2 rings (SSSR count). The Balaban J connectivity index is 2.55. The highest BCUT2D eigenvalue weighted by atomic mass is 79.9. The number of benzene rings is 1. The Morgan fingerprint density at radius 2 is 2.21 bits per heavy atom. The molecule has 0 heterocycles. The van der Waals surface area contributed by atoms with Crippen LogP contribution >= 0.6 is 15.9 Å². The summed E-state index contributed by atoms with van der Waals surface area (Å²) in [4.78, 5) is 11.1. The van der Waals surface area contributed by atoms with Crippen molar-refractivity contribution in [1.82, 2.24) is 0 Å². The Bertz CT molecular complexity index is 403. The van der Waals surface area contributed by atoms with Crippen molar-refractivity contribution < 1.29 is 4.79 Å². The van der Waals surface area contributed by atoms with Gasteiger partial charge < -0.3 is 11.5 Å². The first kappa shape index (κ1) is 9.68. The summed E-state index contributed by atoms with van der Waals surface area (Å²) in [6, 6.07) is 3.85. The monoisotopic (exact) mass is 254 g/mol. The van der Waals surface area contributed by atoms with Crippen molar-refractivity contribution in [2.45, 2.75) is 18.9 Å². The number of aryl methyl sites for hydroxylation is 1. The lowest BCUT2D eigenvalue weighted by Gasteiger charge is -2.07. The normalized spacial score (nSPS) is 19.4. The Morgan fingerprint density at radius 1 is 1.50 bits per heavy atom. The summed E-state index contributed by atoms with van der Waals surface area (Å²) in [5, 5.41) is 0. The van der Waals surface area contributed by atoms with Gasteiger partial charge in [0.05, 0.1) is 5.56 Å². The van der Waals surface area contributed by atoms with E-state index in [4.69, 9.17) is 11.5 Å². The van der Waals surface area contributed by atoms with Gasteiger partial charge in [0.25, 0.3) is 0 Å². The van der Waals surface area contributed by atoms with E-state index < -0.39 is 5.91 Å². The molecule has 1 aromatic carbocycles. The maximum Gasteiger partial charge on any atom is 0.249 e. The van der Waals surface area contributed by atoms with E-state index in [0.717, 1.165) is 28.4 Å². The van der Waals surface area contributed by atoms with Crippen molar-refractivity contribution in [2.75, 3.05) is 0 Å². The third-order valence-electron chi connectivity index (χ3n) is 2.62. The van der Waals surface area contributed by atoms with Crippen LogP contribution in [0.2, 0.25) is 0 Å². The highest BCUT2D eigenvalue weighted by Gasteiger charge is 2.21. The maximum atomic E-state index is 11.1. The van der Waals surface area contributed by atoms with Gasteiger partial charge in [-0.2, -0.15) is 0 Å². The lowest BCUT2D eigenvalue weighted by atomic mass is 10.0. The number of halogens is 1. The topological polar surface area (TPSA) is 69.1 Å². The second kappa shape index (κ2) is 3.37. The fourth-order valence-electron chi connectivity index (χ4n) is 1.85. The molecule has 3 nitrogen and oxygen atoms in total. The zero-order chi connectivity index (χ0) is 10.3. The van der Waals surface area contributed by atoms with Gasteiger partial charge in [0.15, 0.2) is 0 Å². The molecule has 4 heteroatoms. The Hall–Kier alpha value is -0.870. The summed E-state index contributed by atoms with van der Waals surface area (Å²) >= 11 is 3.32. The van der Waals surface area contributed by atoms with E-state index in [2.05, 4.69) is 15.9 Å². The van der Waals surface area contributed by atoms with E-state index in [9.17, 15) is 4.79 Å². The summed E-state index contributed by atoms with van der Waals surface area (Å²) in [6.07, 6.45) is 1.88. The number of fused-ring (bicyclic) bond motifs is 1. The molecule has 14 heavy (non-hydrogen) atoms. The van der Waals surface area contributed by atoms with E-state index >= 15 is 0 Å². The first-order valence-corrected chi connectivity index (χ1v) is 5.26. The standard InChI is InChI=1S/C10H11BrN2O/c11-8-4-6-5(1-2-9(6)12)3-7(8)10(13)14/h3-4,9H,1-2,12H2,(H2,13,14)/t9-/m0/s1. The molecule has 0 radical (unpaired) electrons. The van der Waals surface area contributed by atoms with Crippen LogP contribution in [-0.4, -0.2) is 5.91 Å². The van der Waals surface area contributed by atoms with Crippen LogP contribution in [0.4, 0.5) is 0 Å². The Labute approximate surface area is 90.6 Å². The van der Waals surface area contributed by atoms with E-state index in [-0.39, 0.29) is 6.04 Å². The van der Waals surface area contributed by atoms with Crippen molar-refractivity contribution in [3.05, 3.63) is 33.3 Å². The van der Waals surface area contributed by atoms with Gasteiger partial charge in [-0.3, -0.25) is 4.79 Å². The van der Waals surface area contributed by atoms with E-state index in [1.54, 1.807) is 0 Å². The first-order chi connectivity index (χ1) is 6.59. The lowest BCUT2D eigenvalue weighted by Crippen LogP contribution is -2.13. The second-order valence-corrected chi connectivity index (χ2v) is 4.39. The molecule has 0 saturated heterocycles. The molecule has 0 aliphatic heterocycles. The van der Waals surface area contributed by atoms with Crippen LogP contribution in [0.1, 0.15) is 33.9 Å². The highest BCUT2D eigenvalue weighted by Crippen LogP contribution is 2.33. The SMILES string of the molecule is NC(=O)c1cc2c(cc1Br)[C@@H](N)CC2. The molecule has 4 N–H and O–H groups in total. The van der Waals surface area contributed by atoms with Gasteiger partial charge in [0.1, 0.15) is 0 Å². The summed E-state index contributed by atoms with van der Waals surface area (Å²) < 4.78 is 0.737. The van der Waals surface area contributed by atoms with Gasteiger partial charge in [-0.15, -0.1) is 0 Å². The fourth-order valence-corrected chi connectivity index (χ4v) is 2.41. The van der Waals surface area contributed by atoms with Crippen LogP contribution in [-0.2, 0) is 6.42 Å². The predicted molar refractivity (Wildman–Crippen MR) is 57.9 cm³/mol. The zero-order valence-electron chi connectivity index (χ0n) is 7.59. The highest BCUT2D eigenvalue weighted by molar-refractivity contribution is 9.10. The molecule has 1 aromatic rings. The number of rotatable bonds is 1. The van der Waals surface area contributed by atoms with Gasteiger partial charge in [-0.05, 0) is 52.0 Å². The van der Waals surface area contributed by atoms with Crippen LogP contribution in [0.25, 0.3) is 0 Å².